The smallest absolute Gasteiger partial charge is 0.191 e. The van der Waals surface area contributed by atoms with E-state index in [1.54, 1.807) is 6.26 Å². The van der Waals surface area contributed by atoms with Crippen LogP contribution >= 0.6 is 0 Å². The predicted octanol–water partition coefficient (Wildman–Crippen LogP) is 1.68. The molecule has 130 valence electrons. The molecule has 0 amide bonds. The molecule has 0 radical (unpaired) electrons. The van der Waals surface area contributed by atoms with Crippen LogP contribution in [-0.2, 0) is 19.4 Å². The van der Waals surface area contributed by atoms with Crippen LogP contribution in [0.1, 0.15) is 37.7 Å². The molecule has 2 N–H and O–H groups in total. The zero-order chi connectivity index (χ0) is 16.9. The highest BCUT2D eigenvalue weighted by Crippen LogP contribution is 2.12. The predicted molar refractivity (Wildman–Crippen MR) is 93.0 cm³/mol. The number of nitrogens with zero attached hydrogens (tertiary/aromatic N) is 4. The second-order valence-electron chi connectivity index (χ2n) is 6.50. The summed E-state index contributed by atoms with van der Waals surface area (Å²) in [5.74, 6) is 3.74. The molecule has 0 bridgehead atoms. The topological polar surface area (TPSA) is 80.3 Å². The second-order valence-corrected chi connectivity index (χ2v) is 6.50. The number of furan rings is 1. The van der Waals surface area contributed by atoms with Crippen molar-refractivity contribution in [2.24, 2.45) is 4.99 Å². The summed E-state index contributed by atoms with van der Waals surface area (Å²) in [6.07, 6.45) is 4.48. The summed E-state index contributed by atoms with van der Waals surface area (Å²) in [4.78, 5) is 9.14. The molecule has 24 heavy (non-hydrogen) atoms. The van der Waals surface area contributed by atoms with Gasteiger partial charge in [0.15, 0.2) is 5.96 Å². The molecular formula is C17H26N6O. The van der Waals surface area contributed by atoms with Gasteiger partial charge in [-0.25, -0.2) is 9.67 Å². The van der Waals surface area contributed by atoms with Crippen molar-refractivity contribution in [1.29, 1.82) is 0 Å². The highest BCUT2D eigenvalue weighted by atomic mass is 16.3. The van der Waals surface area contributed by atoms with Crippen molar-refractivity contribution >= 4 is 5.96 Å². The Bertz CT molecular complexity index is 673. The maximum Gasteiger partial charge on any atom is 0.191 e. The Labute approximate surface area is 142 Å². The Morgan fingerprint density at radius 3 is 3.12 bits per heavy atom. The van der Waals surface area contributed by atoms with Crippen molar-refractivity contribution in [2.75, 3.05) is 6.54 Å². The Kier molecular flexibility index (Phi) is 5.17. The molecule has 3 rings (SSSR count). The highest BCUT2D eigenvalue weighted by molar-refractivity contribution is 5.80. The van der Waals surface area contributed by atoms with Crippen LogP contribution in [0.25, 0.3) is 0 Å². The summed E-state index contributed by atoms with van der Waals surface area (Å²) in [6, 6.07) is 4.53. The number of rotatable bonds is 5. The summed E-state index contributed by atoms with van der Waals surface area (Å²) in [7, 11) is 0. The molecule has 2 aromatic rings. The molecule has 7 heteroatoms. The molecule has 0 fully saturated rings. The molecule has 1 aliphatic rings. The quantitative estimate of drug-likeness (QED) is 0.644. The number of hydrogen-bond acceptors (Lipinski definition) is 4. The Morgan fingerprint density at radius 1 is 1.50 bits per heavy atom. The molecule has 2 aromatic heterocycles. The SMILES string of the molecule is Cc1nc2n(n1)CC(NC(=NCCc1ccco1)NC(C)C)CC2. The lowest BCUT2D eigenvalue weighted by Gasteiger charge is -2.26. The van der Waals surface area contributed by atoms with Crippen LogP contribution in [0, 0.1) is 6.92 Å². The highest BCUT2D eigenvalue weighted by Gasteiger charge is 2.21. The minimum Gasteiger partial charge on any atom is -0.469 e. The molecule has 0 aliphatic carbocycles. The van der Waals surface area contributed by atoms with Crippen molar-refractivity contribution in [3.63, 3.8) is 0 Å². The number of hydrogen-bond donors (Lipinski definition) is 2. The minimum atomic E-state index is 0.312. The van der Waals surface area contributed by atoms with Crippen molar-refractivity contribution in [1.82, 2.24) is 25.4 Å². The second kappa shape index (κ2) is 7.51. The third-order valence-electron chi connectivity index (χ3n) is 3.94. The van der Waals surface area contributed by atoms with Gasteiger partial charge in [-0.3, -0.25) is 4.99 Å². The monoisotopic (exact) mass is 330 g/mol. The Hall–Kier alpha value is -2.31. The lowest BCUT2D eigenvalue weighted by atomic mass is 10.1. The average molecular weight is 330 g/mol. The van der Waals surface area contributed by atoms with Crippen molar-refractivity contribution < 1.29 is 4.42 Å². The van der Waals surface area contributed by atoms with E-state index in [1.165, 1.54) is 0 Å². The molecule has 1 atom stereocenters. The fourth-order valence-corrected chi connectivity index (χ4v) is 2.88. The number of nitrogens with one attached hydrogen (secondary N) is 2. The van der Waals surface area contributed by atoms with Crippen LogP contribution < -0.4 is 10.6 Å². The Morgan fingerprint density at radius 2 is 2.38 bits per heavy atom. The van der Waals surface area contributed by atoms with E-state index in [2.05, 4.69) is 39.6 Å². The standard InChI is InChI=1S/C17H26N6O/c1-12(2)19-17(18-9-8-15-5-4-10-24-15)21-14-6-7-16-20-13(3)22-23(16)11-14/h4-5,10,12,14H,6-9,11H2,1-3H3,(H2,18,19,21). The molecule has 0 aromatic carbocycles. The van der Waals surface area contributed by atoms with Gasteiger partial charge in [0, 0.05) is 31.5 Å². The average Bonchev–Trinajstić information content (AvgIpc) is 3.14. The molecule has 7 nitrogen and oxygen atoms in total. The fourth-order valence-electron chi connectivity index (χ4n) is 2.88. The maximum absolute atomic E-state index is 5.36. The first kappa shape index (κ1) is 16.5. The normalized spacial score (nSPS) is 17.8. The van der Waals surface area contributed by atoms with Crippen LogP contribution in [0.5, 0.6) is 0 Å². The molecule has 0 saturated carbocycles. The first-order valence-corrected chi connectivity index (χ1v) is 8.60. The van der Waals surface area contributed by atoms with Gasteiger partial charge >= 0.3 is 0 Å². The van der Waals surface area contributed by atoms with E-state index in [4.69, 9.17) is 4.42 Å². The number of aryl methyl sites for hydroxylation is 2. The van der Waals surface area contributed by atoms with Gasteiger partial charge in [0.1, 0.15) is 17.4 Å². The van der Waals surface area contributed by atoms with Gasteiger partial charge in [0.25, 0.3) is 0 Å². The molecular weight excluding hydrogens is 304 g/mol. The number of aliphatic imine (C=N–C) groups is 1. The maximum atomic E-state index is 5.36. The summed E-state index contributed by atoms with van der Waals surface area (Å²) in [6.45, 7) is 7.69. The van der Waals surface area contributed by atoms with E-state index in [0.29, 0.717) is 18.6 Å². The van der Waals surface area contributed by atoms with Gasteiger partial charge in [-0.1, -0.05) is 0 Å². The lowest BCUT2D eigenvalue weighted by Crippen LogP contribution is -2.49. The largest absolute Gasteiger partial charge is 0.469 e. The van der Waals surface area contributed by atoms with E-state index >= 15 is 0 Å². The van der Waals surface area contributed by atoms with E-state index in [9.17, 15) is 0 Å². The van der Waals surface area contributed by atoms with Gasteiger partial charge in [-0.15, -0.1) is 0 Å². The van der Waals surface area contributed by atoms with Crippen LogP contribution in [-0.4, -0.2) is 39.4 Å². The van der Waals surface area contributed by atoms with Crippen molar-refractivity contribution in [3.05, 3.63) is 35.8 Å². The third kappa shape index (κ3) is 4.37. The summed E-state index contributed by atoms with van der Waals surface area (Å²) in [5.41, 5.74) is 0. The molecule has 1 aliphatic heterocycles. The summed E-state index contributed by atoms with van der Waals surface area (Å²) in [5, 5.41) is 11.4. The van der Waals surface area contributed by atoms with E-state index in [1.807, 2.05) is 23.7 Å². The van der Waals surface area contributed by atoms with Crippen LogP contribution in [0.15, 0.2) is 27.8 Å². The van der Waals surface area contributed by atoms with Crippen LogP contribution in [0.3, 0.4) is 0 Å². The van der Waals surface area contributed by atoms with Crippen molar-refractivity contribution in [3.8, 4) is 0 Å². The zero-order valence-electron chi connectivity index (χ0n) is 14.6. The number of aromatic nitrogens is 3. The molecule has 3 heterocycles. The Balaban J connectivity index is 1.59. The van der Waals surface area contributed by atoms with Gasteiger partial charge in [-0.05, 0) is 39.3 Å². The first-order valence-electron chi connectivity index (χ1n) is 8.60. The van der Waals surface area contributed by atoms with E-state index in [-0.39, 0.29) is 0 Å². The van der Waals surface area contributed by atoms with Gasteiger partial charge < -0.3 is 15.1 Å². The van der Waals surface area contributed by atoms with Gasteiger partial charge in [-0.2, -0.15) is 5.10 Å². The molecule has 0 saturated heterocycles. The number of guanidine groups is 1. The zero-order valence-corrected chi connectivity index (χ0v) is 14.6. The van der Waals surface area contributed by atoms with Crippen LogP contribution in [0.4, 0.5) is 0 Å². The van der Waals surface area contributed by atoms with Crippen molar-refractivity contribution in [2.45, 2.75) is 58.7 Å². The van der Waals surface area contributed by atoms with E-state index in [0.717, 1.165) is 49.2 Å². The van der Waals surface area contributed by atoms with Crippen LogP contribution in [0.2, 0.25) is 0 Å². The summed E-state index contributed by atoms with van der Waals surface area (Å²) < 4.78 is 7.37. The van der Waals surface area contributed by atoms with Gasteiger partial charge in [0.05, 0.1) is 12.8 Å². The lowest BCUT2D eigenvalue weighted by molar-refractivity contribution is 0.391. The first-order chi connectivity index (χ1) is 11.6. The molecule has 1 unspecified atom stereocenters. The number of fused-ring (bicyclic) bond motifs is 1. The third-order valence-corrected chi connectivity index (χ3v) is 3.94. The summed E-state index contributed by atoms with van der Waals surface area (Å²) >= 11 is 0. The minimum absolute atomic E-state index is 0.312. The fraction of sp³-hybridized carbons (Fsp3) is 0.588. The van der Waals surface area contributed by atoms with Gasteiger partial charge in [0.2, 0.25) is 0 Å². The van der Waals surface area contributed by atoms with E-state index < -0.39 is 0 Å². The molecule has 0 spiro atoms.